The van der Waals surface area contributed by atoms with Gasteiger partial charge in [-0.05, 0) is 19.4 Å². The van der Waals surface area contributed by atoms with Crippen LogP contribution in [-0.4, -0.2) is 25.9 Å². The van der Waals surface area contributed by atoms with Crippen LogP contribution < -0.4 is 20.9 Å². The molecular formula is C13H23ClN2O3. The maximum Gasteiger partial charge on any atom is 0.131 e. The van der Waals surface area contributed by atoms with Crippen LogP contribution in [0.2, 0.25) is 0 Å². The Kier molecular flexibility index (Phi) is 8.30. The van der Waals surface area contributed by atoms with Crippen molar-refractivity contribution in [3.63, 3.8) is 0 Å². The van der Waals surface area contributed by atoms with Crippen LogP contribution in [0.3, 0.4) is 0 Å². The fraction of sp³-hybridized carbons (Fsp3) is 0.538. The van der Waals surface area contributed by atoms with E-state index >= 15 is 0 Å². The zero-order valence-electron chi connectivity index (χ0n) is 11.4. The lowest BCUT2D eigenvalue weighted by molar-refractivity contribution is 0.373. The molecule has 0 aliphatic carbocycles. The SMILES string of the molecule is COc1cc(O)c([C@H](N)CCCCN)c(OC)c1.Cl. The van der Waals surface area contributed by atoms with Gasteiger partial charge in [-0.25, -0.2) is 0 Å². The Morgan fingerprint density at radius 3 is 2.42 bits per heavy atom. The third kappa shape index (κ3) is 4.78. The van der Waals surface area contributed by atoms with Crippen molar-refractivity contribution < 1.29 is 14.6 Å². The molecule has 0 unspecified atom stereocenters. The van der Waals surface area contributed by atoms with Crippen LogP contribution in [0.5, 0.6) is 17.2 Å². The third-order valence-electron chi connectivity index (χ3n) is 2.89. The summed E-state index contributed by atoms with van der Waals surface area (Å²) in [4.78, 5) is 0. The van der Waals surface area contributed by atoms with Gasteiger partial charge in [-0.1, -0.05) is 6.42 Å². The van der Waals surface area contributed by atoms with E-state index in [4.69, 9.17) is 20.9 Å². The van der Waals surface area contributed by atoms with Crippen molar-refractivity contribution in [2.75, 3.05) is 20.8 Å². The quantitative estimate of drug-likeness (QED) is 0.668. The minimum atomic E-state index is -0.266. The summed E-state index contributed by atoms with van der Waals surface area (Å²) in [5, 5.41) is 10.00. The van der Waals surface area contributed by atoms with Crippen molar-refractivity contribution in [3.05, 3.63) is 17.7 Å². The lowest BCUT2D eigenvalue weighted by Crippen LogP contribution is -2.12. The van der Waals surface area contributed by atoms with E-state index in [-0.39, 0.29) is 24.2 Å². The van der Waals surface area contributed by atoms with Crippen LogP contribution in [0.4, 0.5) is 0 Å². The fourth-order valence-corrected chi connectivity index (χ4v) is 1.90. The molecule has 0 amide bonds. The van der Waals surface area contributed by atoms with E-state index in [0.717, 1.165) is 19.3 Å². The van der Waals surface area contributed by atoms with E-state index in [1.165, 1.54) is 7.11 Å². The smallest absolute Gasteiger partial charge is 0.131 e. The predicted octanol–water partition coefficient (Wildman–Crippen LogP) is 1.96. The number of hydrogen-bond donors (Lipinski definition) is 3. The standard InChI is InChI=1S/C13H22N2O3.ClH/c1-17-9-7-11(16)13(12(8-9)18-2)10(15)5-3-4-6-14;/h7-8,10,16H,3-6,14-15H2,1-2H3;1H/t10-;/m1./s1. The van der Waals surface area contributed by atoms with E-state index in [9.17, 15) is 5.11 Å². The maximum absolute atomic E-state index is 10.00. The maximum atomic E-state index is 10.00. The van der Waals surface area contributed by atoms with Crippen molar-refractivity contribution in [2.45, 2.75) is 25.3 Å². The highest BCUT2D eigenvalue weighted by molar-refractivity contribution is 5.85. The number of phenolic OH excluding ortho intramolecular Hbond substituents is 1. The molecule has 0 aliphatic rings. The molecule has 19 heavy (non-hydrogen) atoms. The molecule has 0 heterocycles. The van der Waals surface area contributed by atoms with Gasteiger partial charge in [-0.15, -0.1) is 12.4 Å². The molecule has 0 aromatic heterocycles. The highest BCUT2D eigenvalue weighted by Gasteiger charge is 2.18. The molecule has 1 aromatic rings. The van der Waals surface area contributed by atoms with Crippen molar-refractivity contribution >= 4 is 12.4 Å². The summed E-state index contributed by atoms with van der Waals surface area (Å²) in [6.07, 6.45) is 2.60. The molecular weight excluding hydrogens is 268 g/mol. The topological polar surface area (TPSA) is 90.7 Å². The molecule has 0 bridgehead atoms. The van der Waals surface area contributed by atoms with E-state index in [0.29, 0.717) is 23.6 Å². The van der Waals surface area contributed by atoms with Crippen molar-refractivity contribution in [3.8, 4) is 17.2 Å². The molecule has 6 heteroatoms. The predicted molar refractivity (Wildman–Crippen MR) is 78.3 cm³/mol. The molecule has 0 aliphatic heterocycles. The van der Waals surface area contributed by atoms with Gasteiger partial charge in [0, 0.05) is 18.2 Å². The minimum Gasteiger partial charge on any atom is -0.507 e. The summed E-state index contributed by atoms with van der Waals surface area (Å²) in [6.45, 7) is 0.651. The van der Waals surface area contributed by atoms with Crippen LogP contribution in [0.25, 0.3) is 0 Å². The van der Waals surface area contributed by atoms with Crippen molar-refractivity contribution in [1.82, 2.24) is 0 Å². The Morgan fingerprint density at radius 2 is 1.89 bits per heavy atom. The summed E-state index contributed by atoms with van der Waals surface area (Å²) in [5.41, 5.74) is 12.1. The number of hydrogen-bond acceptors (Lipinski definition) is 5. The van der Waals surface area contributed by atoms with Crippen LogP contribution in [-0.2, 0) is 0 Å². The van der Waals surface area contributed by atoms with E-state index in [1.807, 2.05) is 0 Å². The average Bonchev–Trinajstić information content (AvgIpc) is 2.37. The number of methoxy groups -OCH3 is 2. The van der Waals surface area contributed by atoms with Crippen LogP contribution in [0.15, 0.2) is 12.1 Å². The summed E-state index contributed by atoms with van der Waals surface area (Å²) in [5.74, 6) is 1.20. The Hall–Kier alpha value is -1.17. The molecule has 5 nitrogen and oxygen atoms in total. The Morgan fingerprint density at radius 1 is 1.21 bits per heavy atom. The lowest BCUT2D eigenvalue weighted by atomic mass is 9.99. The first kappa shape index (κ1) is 17.8. The third-order valence-corrected chi connectivity index (χ3v) is 2.89. The summed E-state index contributed by atoms with van der Waals surface area (Å²) >= 11 is 0. The van der Waals surface area contributed by atoms with Crippen molar-refractivity contribution in [1.29, 1.82) is 0 Å². The first-order chi connectivity index (χ1) is 8.63. The molecule has 0 radical (unpaired) electrons. The molecule has 0 fully saturated rings. The summed E-state index contributed by atoms with van der Waals surface area (Å²) in [6, 6.07) is 3.00. The van der Waals surface area contributed by atoms with Gasteiger partial charge >= 0.3 is 0 Å². The van der Waals surface area contributed by atoms with Crippen LogP contribution in [0, 0.1) is 0 Å². The highest BCUT2D eigenvalue weighted by Crippen LogP contribution is 2.38. The van der Waals surface area contributed by atoms with Gasteiger partial charge in [0.05, 0.1) is 19.8 Å². The van der Waals surface area contributed by atoms with Gasteiger partial charge in [0.25, 0.3) is 0 Å². The normalized spacial score (nSPS) is 11.6. The Bertz CT molecular complexity index is 388. The minimum absolute atomic E-state index is 0. The number of benzene rings is 1. The Labute approximate surface area is 120 Å². The number of nitrogens with two attached hydrogens (primary N) is 2. The molecule has 1 atom stereocenters. The highest BCUT2D eigenvalue weighted by atomic mass is 35.5. The second kappa shape index (κ2) is 8.85. The van der Waals surface area contributed by atoms with E-state index < -0.39 is 0 Å². The fourth-order valence-electron chi connectivity index (χ4n) is 1.90. The summed E-state index contributed by atoms with van der Waals surface area (Å²) < 4.78 is 10.3. The van der Waals surface area contributed by atoms with Gasteiger partial charge in [0.15, 0.2) is 0 Å². The van der Waals surface area contributed by atoms with Crippen molar-refractivity contribution in [2.24, 2.45) is 11.5 Å². The number of aromatic hydroxyl groups is 1. The zero-order valence-corrected chi connectivity index (χ0v) is 12.2. The van der Waals surface area contributed by atoms with Crippen LogP contribution >= 0.6 is 12.4 Å². The second-order valence-corrected chi connectivity index (χ2v) is 4.15. The molecule has 1 rings (SSSR count). The zero-order chi connectivity index (χ0) is 13.5. The molecule has 0 saturated heterocycles. The van der Waals surface area contributed by atoms with Gasteiger partial charge in [0.2, 0.25) is 0 Å². The van der Waals surface area contributed by atoms with E-state index in [2.05, 4.69) is 0 Å². The molecule has 0 saturated carbocycles. The number of halogens is 1. The van der Waals surface area contributed by atoms with Gasteiger partial charge in [-0.3, -0.25) is 0 Å². The van der Waals surface area contributed by atoms with Gasteiger partial charge in [-0.2, -0.15) is 0 Å². The molecule has 110 valence electrons. The number of unbranched alkanes of at least 4 members (excludes halogenated alkanes) is 1. The molecule has 5 N–H and O–H groups in total. The van der Waals surface area contributed by atoms with Crippen LogP contribution in [0.1, 0.15) is 30.9 Å². The molecule has 1 aromatic carbocycles. The van der Waals surface area contributed by atoms with E-state index in [1.54, 1.807) is 19.2 Å². The first-order valence-electron chi connectivity index (χ1n) is 6.04. The van der Waals surface area contributed by atoms with Gasteiger partial charge in [0.1, 0.15) is 17.2 Å². The lowest BCUT2D eigenvalue weighted by Gasteiger charge is -2.18. The van der Waals surface area contributed by atoms with Gasteiger partial charge < -0.3 is 26.0 Å². The number of phenols is 1. The monoisotopic (exact) mass is 290 g/mol. The Balaban J connectivity index is 0.00000324. The average molecular weight is 291 g/mol. The second-order valence-electron chi connectivity index (χ2n) is 4.15. The number of ether oxygens (including phenoxy) is 2. The number of rotatable bonds is 7. The largest absolute Gasteiger partial charge is 0.507 e. The summed E-state index contributed by atoms with van der Waals surface area (Å²) in [7, 11) is 3.08. The molecule has 0 spiro atoms. The first-order valence-corrected chi connectivity index (χ1v) is 6.04.